The van der Waals surface area contributed by atoms with Crippen LogP contribution in [0.25, 0.3) is 0 Å². The number of aromatic nitrogens is 1. The van der Waals surface area contributed by atoms with E-state index in [4.69, 9.17) is 4.74 Å². The van der Waals surface area contributed by atoms with Gasteiger partial charge in [-0.3, -0.25) is 19.7 Å². The molecule has 0 aliphatic carbocycles. The number of amides is 3. The summed E-state index contributed by atoms with van der Waals surface area (Å²) in [6.45, 7) is 2.73. The summed E-state index contributed by atoms with van der Waals surface area (Å²) in [6.07, 6.45) is 1.57. The van der Waals surface area contributed by atoms with Crippen molar-refractivity contribution in [1.82, 2.24) is 14.8 Å². The molecule has 1 aromatic carbocycles. The van der Waals surface area contributed by atoms with E-state index in [2.05, 4.69) is 10.3 Å². The van der Waals surface area contributed by atoms with Crippen LogP contribution in [0.1, 0.15) is 28.9 Å². The second kappa shape index (κ2) is 9.36. The highest BCUT2D eigenvalue weighted by atomic mass is 32.1. The molecule has 0 radical (unpaired) electrons. The first-order chi connectivity index (χ1) is 14.6. The summed E-state index contributed by atoms with van der Waals surface area (Å²) < 4.78 is 5.47. The molecule has 9 heteroatoms. The van der Waals surface area contributed by atoms with Crippen LogP contribution >= 0.6 is 11.3 Å². The number of ether oxygens (including phenoxy) is 1. The van der Waals surface area contributed by atoms with Crippen LogP contribution in [0.2, 0.25) is 0 Å². The van der Waals surface area contributed by atoms with Crippen molar-refractivity contribution < 1.29 is 19.1 Å². The maximum atomic E-state index is 12.6. The predicted octanol–water partition coefficient (Wildman–Crippen LogP) is 1.79. The average molecular weight is 429 g/mol. The number of benzene rings is 1. The molecule has 0 saturated carbocycles. The van der Waals surface area contributed by atoms with Crippen molar-refractivity contribution in [3.8, 4) is 0 Å². The zero-order chi connectivity index (χ0) is 20.9. The first-order valence-corrected chi connectivity index (χ1v) is 11.0. The molecule has 1 N–H and O–H groups in total. The van der Waals surface area contributed by atoms with Gasteiger partial charge in [-0.1, -0.05) is 18.2 Å². The van der Waals surface area contributed by atoms with Gasteiger partial charge in [-0.15, -0.1) is 11.3 Å². The predicted molar refractivity (Wildman–Crippen MR) is 112 cm³/mol. The van der Waals surface area contributed by atoms with Crippen molar-refractivity contribution in [3.63, 3.8) is 0 Å². The van der Waals surface area contributed by atoms with Gasteiger partial charge in [0, 0.05) is 43.7 Å². The Bertz CT molecular complexity index is 903. The van der Waals surface area contributed by atoms with Crippen LogP contribution < -0.4 is 5.32 Å². The van der Waals surface area contributed by atoms with E-state index >= 15 is 0 Å². The molecular weight excluding hydrogens is 404 g/mol. The third-order valence-electron chi connectivity index (χ3n) is 5.29. The van der Waals surface area contributed by atoms with E-state index in [0.29, 0.717) is 49.2 Å². The monoisotopic (exact) mass is 428 g/mol. The summed E-state index contributed by atoms with van der Waals surface area (Å²) in [5, 5.41) is 5.02. The van der Waals surface area contributed by atoms with Crippen LogP contribution in [0.3, 0.4) is 0 Å². The van der Waals surface area contributed by atoms with Crippen molar-refractivity contribution in [3.05, 3.63) is 47.0 Å². The number of anilines is 1. The lowest BCUT2D eigenvalue weighted by atomic mass is 10.2. The lowest BCUT2D eigenvalue weighted by Crippen LogP contribution is -2.53. The van der Waals surface area contributed by atoms with E-state index in [1.54, 1.807) is 39.4 Å². The molecule has 2 saturated heterocycles. The highest BCUT2D eigenvalue weighted by molar-refractivity contribution is 7.14. The van der Waals surface area contributed by atoms with Gasteiger partial charge in [0.2, 0.25) is 5.91 Å². The number of rotatable bonds is 5. The Labute approximate surface area is 178 Å². The van der Waals surface area contributed by atoms with Gasteiger partial charge >= 0.3 is 0 Å². The second-order valence-electron chi connectivity index (χ2n) is 7.35. The average Bonchev–Trinajstić information content (AvgIpc) is 3.46. The van der Waals surface area contributed by atoms with Crippen LogP contribution in [0, 0.1) is 0 Å². The number of hydrogen-bond acceptors (Lipinski definition) is 6. The van der Waals surface area contributed by atoms with Gasteiger partial charge in [-0.2, -0.15) is 0 Å². The van der Waals surface area contributed by atoms with Gasteiger partial charge in [0.25, 0.3) is 11.8 Å². The molecule has 158 valence electrons. The fourth-order valence-electron chi connectivity index (χ4n) is 3.62. The molecule has 3 amide bonds. The van der Waals surface area contributed by atoms with Gasteiger partial charge in [-0.05, 0) is 25.0 Å². The molecule has 2 aliphatic heterocycles. The summed E-state index contributed by atoms with van der Waals surface area (Å²) in [4.78, 5) is 45.2. The lowest BCUT2D eigenvalue weighted by molar-refractivity contribution is -0.145. The molecule has 2 aromatic rings. The fourth-order valence-corrected chi connectivity index (χ4v) is 4.33. The molecule has 0 spiro atoms. The summed E-state index contributed by atoms with van der Waals surface area (Å²) in [7, 11) is 0. The Balaban J connectivity index is 1.26. The third-order valence-corrected chi connectivity index (χ3v) is 6.10. The number of nitrogens with zero attached hydrogens (tertiary/aromatic N) is 3. The van der Waals surface area contributed by atoms with Gasteiger partial charge < -0.3 is 14.5 Å². The molecule has 1 atom stereocenters. The fraction of sp³-hybridized carbons (Fsp3) is 0.429. The molecule has 2 fully saturated rings. The summed E-state index contributed by atoms with van der Waals surface area (Å²) in [6, 6.07) is 8.92. The van der Waals surface area contributed by atoms with Gasteiger partial charge in [-0.25, -0.2) is 4.98 Å². The molecule has 8 nitrogen and oxygen atoms in total. The van der Waals surface area contributed by atoms with Crippen LogP contribution in [0.4, 0.5) is 5.13 Å². The Morgan fingerprint density at radius 1 is 1.10 bits per heavy atom. The Hall–Kier alpha value is -2.78. The van der Waals surface area contributed by atoms with Crippen LogP contribution in [0.15, 0.2) is 35.7 Å². The van der Waals surface area contributed by atoms with E-state index in [-0.39, 0.29) is 30.2 Å². The zero-order valence-corrected chi connectivity index (χ0v) is 17.4. The Morgan fingerprint density at radius 2 is 1.83 bits per heavy atom. The van der Waals surface area contributed by atoms with Gasteiger partial charge in [0.1, 0.15) is 6.10 Å². The highest BCUT2D eigenvalue weighted by Crippen LogP contribution is 2.19. The molecule has 2 aliphatic rings. The van der Waals surface area contributed by atoms with E-state index < -0.39 is 0 Å². The summed E-state index contributed by atoms with van der Waals surface area (Å²) in [5.74, 6) is -0.210. The smallest absolute Gasteiger partial charge is 0.257 e. The number of carbonyl (C=O) groups excluding carboxylic acids is 3. The molecule has 30 heavy (non-hydrogen) atoms. The van der Waals surface area contributed by atoms with Gasteiger partial charge in [0.15, 0.2) is 5.13 Å². The topological polar surface area (TPSA) is 91.8 Å². The van der Waals surface area contributed by atoms with Crippen LogP contribution in [-0.2, 0) is 20.7 Å². The summed E-state index contributed by atoms with van der Waals surface area (Å²) >= 11 is 1.30. The number of piperazine rings is 1. The highest BCUT2D eigenvalue weighted by Gasteiger charge is 2.31. The SMILES string of the molecule is O=C(Nc1nc(CC(=O)N2CCN(C(=O)C3CCCO3)CC2)cs1)c1ccccc1. The standard InChI is InChI=1S/C21H24N4O4S/c26-18(24-8-10-25(11-9-24)20(28)17-7-4-12-29-17)13-16-14-30-21(22-16)23-19(27)15-5-2-1-3-6-15/h1-3,5-6,14,17H,4,7-13H2,(H,22,23,27). The zero-order valence-electron chi connectivity index (χ0n) is 16.6. The number of nitrogens with one attached hydrogen (secondary N) is 1. The van der Waals surface area contributed by atoms with Crippen molar-refractivity contribution in [2.24, 2.45) is 0 Å². The number of thiazole rings is 1. The molecule has 0 bridgehead atoms. The van der Waals surface area contributed by atoms with Crippen molar-refractivity contribution in [2.75, 3.05) is 38.1 Å². The maximum Gasteiger partial charge on any atom is 0.257 e. The summed E-state index contributed by atoms with van der Waals surface area (Å²) in [5.41, 5.74) is 1.19. The van der Waals surface area contributed by atoms with E-state index in [9.17, 15) is 14.4 Å². The minimum atomic E-state index is -0.313. The van der Waals surface area contributed by atoms with Crippen LogP contribution in [-0.4, -0.2) is 71.4 Å². The normalized spacial score (nSPS) is 19.0. The maximum absolute atomic E-state index is 12.6. The number of hydrogen-bond donors (Lipinski definition) is 1. The van der Waals surface area contributed by atoms with Gasteiger partial charge in [0.05, 0.1) is 12.1 Å². The minimum Gasteiger partial charge on any atom is -0.368 e. The van der Waals surface area contributed by atoms with Crippen molar-refractivity contribution in [2.45, 2.75) is 25.4 Å². The quantitative estimate of drug-likeness (QED) is 0.784. The Kier molecular flexibility index (Phi) is 6.39. The molecular formula is C21H24N4O4S. The van der Waals surface area contributed by atoms with E-state index in [1.165, 1.54) is 11.3 Å². The molecule has 3 heterocycles. The van der Waals surface area contributed by atoms with E-state index in [1.807, 2.05) is 6.07 Å². The number of carbonyl (C=O) groups is 3. The van der Waals surface area contributed by atoms with Crippen molar-refractivity contribution >= 4 is 34.2 Å². The molecule has 4 rings (SSSR count). The first-order valence-electron chi connectivity index (χ1n) is 10.1. The first kappa shape index (κ1) is 20.5. The second-order valence-corrected chi connectivity index (χ2v) is 8.21. The molecule has 1 unspecified atom stereocenters. The minimum absolute atomic E-state index is 0.0227. The third kappa shape index (κ3) is 4.85. The Morgan fingerprint density at radius 3 is 2.53 bits per heavy atom. The van der Waals surface area contributed by atoms with Crippen LogP contribution in [0.5, 0.6) is 0 Å². The molecule has 1 aromatic heterocycles. The van der Waals surface area contributed by atoms with Crippen molar-refractivity contribution in [1.29, 1.82) is 0 Å². The van der Waals surface area contributed by atoms with E-state index in [0.717, 1.165) is 12.8 Å². The largest absolute Gasteiger partial charge is 0.368 e. The lowest BCUT2D eigenvalue weighted by Gasteiger charge is -2.35.